The Morgan fingerprint density at radius 3 is 2.72 bits per heavy atom. The summed E-state index contributed by atoms with van der Waals surface area (Å²) in [5.74, 6) is 0.784. The summed E-state index contributed by atoms with van der Waals surface area (Å²) in [6.07, 6.45) is 4.41. The highest BCUT2D eigenvalue weighted by atomic mass is 32.2. The van der Waals surface area contributed by atoms with Crippen LogP contribution in [0.1, 0.15) is 43.7 Å². The zero-order valence-corrected chi connectivity index (χ0v) is 17.4. The number of fused-ring (bicyclic) bond motifs is 1. The van der Waals surface area contributed by atoms with Gasteiger partial charge in [-0.3, -0.25) is 9.59 Å². The van der Waals surface area contributed by atoms with Crippen molar-refractivity contribution in [3.8, 4) is 5.75 Å². The zero-order chi connectivity index (χ0) is 20.2. The second-order valence-electron chi connectivity index (χ2n) is 7.52. The molecule has 0 spiro atoms. The van der Waals surface area contributed by atoms with Crippen molar-refractivity contribution in [3.63, 3.8) is 0 Å². The number of hydrogen-bond acceptors (Lipinski definition) is 4. The van der Waals surface area contributed by atoms with Gasteiger partial charge in [0.2, 0.25) is 11.8 Å². The number of rotatable bonds is 4. The van der Waals surface area contributed by atoms with Crippen LogP contribution in [0.3, 0.4) is 0 Å². The number of nitrogens with zero attached hydrogens (tertiary/aromatic N) is 1. The molecule has 1 fully saturated rings. The van der Waals surface area contributed by atoms with Crippen LogP contribution in [-0.2, 0) is 9.59 Å². The fourth-order valence-electron chi connectivity index (χ4n) is 4.08. The maximum atomic E-state index is 13.3. The van der Waals surface area contributed by atoms with Crippen LogP contribution in [0.4, 0.5) is 5.69 Å². The van der Waals surface area contributed by atoms with Gasteiger partial charge in [0.05, 0.1) is 24.1 Å². The SMILES string of the molecule is COc1ccc([C@@H]2CCCCCN2C(=O)C[C@@H]2Sc3ccccc3NC2=O)cc1. The summed E-state index contributed by atoms with van der Waals surface area (Å²) in [5, 5.41) is 2.55. The van der Waals surface area contributed by atoms with Crippen LogP contribution < -0.4 is 10.1 Å². The van der Waals surface area contributed by atoms with Crippen molar-refractivity contribution in [1.82, 2.24) is 4.90 Å². The average molecular weight is 411 g/mol. The minimum atomic E-state index is -0.392. The standard InChI is InChI=1S/C23H26N2O3S/c1-28-17-12-10-16(11-13-17)19-8-3-2-6-14-25(19)22(26)15-21-23(27)24-18-7-4-5-9-20(18)29-21/h4-5,7,9-13,19,21H,2-3,6,8,14-15H2,1H3,(H,24,27)/t19-,21-/m0/s1. The van der Waals surface area contributed by atoms with Gasteiger partial charge in [-0.15, -0.1) is 11.8 Å². The fraction of sp³-hybridized carbons (Fsp3) is 0.391. The number of amides is 2. The molecule has 0 aromatic heterocycles. The minimum Gasteiger partial charge on any atom is -0.497 e. The zero-order valence-electron chi connectivity index (χ0n) is 16.6. The molecule has 1 N–H and O–H groups in total. The van der Waals surface area contributed by atoms with Crippen LogP contribution in [0.15, 0.2) is 53.4 Å². The summed E-state index contributed by atoms with van der Waals surface area (Å²) in [6, 6.07) is 15.8. The predicted octanol–water partition coefficient (Wildman–Crippen LogP) is 4.64. The summed E-state index contributed by atoms with van der Waals surface area (Å²) in [5.41, 5.74) is 1.96. The fourth-order valence-corrected chi connectivity index (χ4v) is 5.18. The van der Waals surface area contributed by atoms with E-state index < -0.39 is 5.25 Å². The summed E-state index contributed by atoms with van der Waals surface area (Å²) < 4.78 is 5.27. The predicted molar refractivity (Wildman–Crippen MR) is 115 cm³/mol. The van der Waals surface area contributed by atoms with E-state index in [-0.39, 0.29) is 24.3 Å². The van der Waals surface area contributed by atoms with E-state index in [1.165, 1.54) is 11.8 Å². The lowest BCUT2D eigenvalue weighted by molar-refractivity contribution is -0.134. The highest BCUT2D eigenvalue weighted by Crippen LogP contribution is 2.38. The topological polar surface area (TPSA) is 58.6 Å². The summed E-state index contributed by atoms with van der Waals surface area (Å²) in [7, 11) is 1.65. The van der Waals surface area contributed by atoms with Crippen molar-refractivity contribution in [2.24, 2.45) is 0 Å². The van der Waals surface area contributed by atoms with E-state index in [0.717, 1.165) is 54.1 Å². The Morgan fingerprint density at radius 1 is 1.14 bits per heavy atom. The first kappa shape index (κ1) is 19.8. The van der Waals surface area contributed by atoms with Crippen LogP contribution in [0, 0.1) is 0 Å². The Hall–Kier alpha value is -2.47. The van der Waals surface area contributed by atoms with Gasteiger partial charge in [-0.25, -0.2) is 0 Å². The third kappa shape index (κ3) is 4.42. The van der Waals surface area contributed by atoms with Gasteiger partial charge in [0.25, 0.3) is 0 Å². The number of hydrogen-bond donors (Lipinski definition) is 1. The molecule has 6 heteroatoms. The first-order chi connectivity index (χ1) is 14.2. The molecule has 0 radical (unpaired) electrons. The normalized spacial score (nSPS) is 21.7. The van der Waals surface area contributed by atoms with Gasteiger partial charge in [-0.2, -0.15) is 0 Å². The summed E-state index contributed by atoms with van der Waals surface area (Å²) >= 11 is 1.49. The van der Waals surface area contributed by atoms with Crippen molar-refractivity contribution >= 4 is 29.3 Å². The molecule has 2 aliphatic rings. The molecule has 2 aliphatic heterocycles. The monoisotopic (exact) mass is 410 g/mol. The summed E-state index contributed by atoms with van der Waals surface area (Å²) in [6.45, 7) is 0.741. The number of para-hydroxylation sites is 1. The quantitative estimate of drug-likeness (QED) is 0.798. The smallest absolute Gasteiger partial charge is 0.238 e. The highest BCUT2D eigenvalue weighted by molar-refractivity contribution is 8.01. The van der Waals surface area contributed by atoms with Crippen molar-refractivity contribution in [2.45, 2.75) is 48.3 Å². The number of thioether (sulfide) groups is 1. The maximum Gasteiger partial charge on any atom is 0.238 e. The van der Waals surface area contributed by atoms with E-state index in [9.17, 15) is 9.59 Å². The lowest BCUT2D eigenvalue weighted by atomic mass is 10.00. The molecule has 1 saturated heterocycles. The van der Waals surface area contributed by atoms with Gasteiger partial charge in [0, 0.05) is 17.9 Å². The van der Waals surface area contributed by atoms with Gasteiger partial charge in [0.1, 0.15) is 5.75 Å². The largest absolute Gasteiger partial charge is 0.497 e. The van der Waals surface area contributed by atoms with Crippen LogP contribution in [0.25, 0.3) is 0 Å². The first-order valence-electron chi connectivity index (χ1n) is 10.2. The first-order valence-corrected chi connectivity index (χ1v) is 11.0. The molecular formula is C23H26N2O3S. The van der Waals surface area contributed by atoms with Crippen molar-refractivity contribution in [2.75, 3.05) is 19.0 Å². The van der Waals surface area contributed by atoms with E-state index in [4.69, 9.17) is 4.74 Å². The second kappa shape index (κ2) is 8.91. The summed E-state index contributed by atoms with van der Waals surface area (Å²) in [4.78, 5) is 28.9. The lowest BCUT2D eigenvalue weighted by Gasteiger charge is -2.32. The molecule has 29 heavy (non-hydrogen) atoms. The number of ether oxygens (including phenoxy) is 1. The van der Waals surface area contributed by atoms with E-state index in [2.05, 4.69) is 5.32 Å². The molecule has 2 aromatic rings. The van der Waals surface area contributed by atoms with Crippen LogP contribution in [-0.4, -0.2) is 35.6 Å². The third-order valence-corrected chi connectivity index (χ3v) is 6.92. The van der Waals surface area contributed by atoms with Crippen LogP contribution in [0.5, 0.6) is 5.75 Å². The maximum absolute atomic E-state index is 13.3. The van der Waals surface area contributed by atoms with Gasteiger partial charge in [-0.05, 0) is 42.7 Å². The number of methoxy groups -OCH3 is 1. The number of carbonyl (C=O) groups excluding carboxylic acids is 2. The highest BCUT2D eigenvalue weighted by Gasteiger charge is 2.33. The molecule has 0 unspecified atom stereocenters. The Bertz CT molecular complexity index is 884. The number of benzene rings is 2. The molecule has 0 aliphatic carbocycles. The molecular weight excluding hydrogens is 384 g/mol. The number of likely N-dealkylation sites (tertiary alicyclic amines) is 1. The molecule has 2 heterocycles. The van der Waals surface area contributed by atoms with Gasteiger partial charge in [0.15, 0.2) is 0 Å². The number of carbonyl (C=O) groups is 2. The molecule has 2 aromatic carbocycles. The van der Waals surface area contributed by atoms with E-state index in [1.54, 1.807) is 7.11 Å². The average Bonchev–Trinajstić information content (AvgIpc) is 3.00. The Morgan fingerprint density at radius 2 is 1.93 bits per heavy atom. The Kier molecular flexibility index (Phi) is 6.09. The van der Waals surface area contributed by atoms with Gasteiger partial charge < -0.3 is 15.0 Å². The molecule has 2 atom stereocenters. The molecule has 0 saturated carbocycles. The Labute approximate surface area is 175 Å². The van der Waals surface area contributed by atoms with Crippen LogP contribution >= 0.6 is 11.8 Å². The molecule has 0 bridgehead atoms. The van der Waals surface area contributed by atoms with Crippen molar-refractivity contribution in [3.05, 3.63) is 54.1 Å². The second-order valence-corrected chi connectivity index (χ2v) is 8.77. The molecule has 5 nitrogen and oxygen atoms in total. The van der Waals surface area contributed by atoms with E-state index in [1.807, 2.05) is 53.4 Å². The lowest BCUT2D eigenvalue weighted by Crippen LogP contribution is -2.39. The van der Waals surface area contributed by atoms with Gasteiger partial charge in [-0.1, -0.05) is 37.1 Å². The van der Waals surface area contributed by atoms with Crippen LogP contribution in [0.2, 0.25) is 0 Å². The third-order valence-electron chi connectivity index (χ3n) is 5.64. The Balaban J connectivity index is 1.51. The van der Waals surface area contributed by atoms with Crippen molar-refractivity contribution in [1.29, 1.82) is 0 Å². The molecule has 4 rings (SSSR count). The van der Waals surface area contributed by atoms with E-state index >= 15 is 0 Å². The number of anilines is 1. The van der Waals surface area contributed by atoms with Crippen molar-refractivity contribution < 1.29 is 14.3 Å². The van der Waals surface area contributed by atoms with Gasteiger partial charge >= 0.3 is 0 Å². The number of nitrogens with one attached hydrogen (secondary N) is 1. The molecule has 152 valence electrons. The minimum absolute atomic E-state index is 0.0553. The van der Waals surface area contributed by atoms with E-state index in [0.29, 0.717) is 0 Å². The molecule has 2 amide bonds.